The van der Waals surface area contributed by atoms with Crippen LogP contribution < -0.4 is 10.2 Å². The third-order valence-electron chi connectivity index (χ3n) is 4.66. The highest BCUT2D eigenvalue weighted by Crippen LogP contribution is 2.27. The lowest BCUT2D eigenvalue weighted by atomic mass is 10.1. The molecule has 2 aromatic carbocycles. The summed E-state index contributed by atoms with van der Waals surface area (Å²) in [5.41, 5.74) is 4.48. The van der Waals surface area contributed by atoms with Gasteiger partial charge in [-0.05, 0) is 49.2 Å². The molecule has 0 radical (unpaired) electrons. The molecule has 6 heteroatoms. The Morgan fingerprint density at radius 3 is 2.50 bits per heavy atom. The van der Waals surface area contributed by atoms with Crippen molar-refractivity contribution in [3.05, 3.63) is 53.6 Å². The van der Waals surface area contributed by atoms with Crippen molar-refractivity contribution in [3.63, 3.8) is 0 Å². The Kier molecular flexibility index (Phi) is 5.59. The number of benzene rings is 2. The number of aromatic nitrogens is 2. The fraction of sp³-hybridized carbons (Fsp3) is 0.300. The van der Waals surface area contributed by atoms with Crippen LogP contribution in [-0.4, -0.2) is 36.3 Å². The number of para-hydroxylation sites is 1. The van der Waals surface area contributed by atoms with Gasteiger partial charge in [0.25, 0.3) is 0 Å². The number of hydrogen-bond acceptors (Lipinski definition) is 5. The number of hydrogen-bond donors (Lipinski definition) is 1. The molecule has 0 unspecified atom stereocenters. The van der Waals surface area contributed by atoms with Gasteiger partial charge in [0.1, 0.15) is 5.82 Å². The summed E-state index contributed by atoms with van der Waals surface area (Å²) >= 11 is 0. The molecule has 0 saturated carbocycles. The van der Waals surface area contributed by atoms with E-state index in [0.29, 0.717) is 5.95 Å². The predicted octanol–water partition coefficient (Wildman–Crippen LogP) is 4.25. The van der Waals surface area contributed by atoms with E-state index in [2.05, 4.69) is 48.3 Å². The first-order valence-electron chi connectivity index (χ1n) is 8.64. The first kappa shape index (κ1) is 18.4. The number of rotatable bonds is 3. The summed E-state index contributed by atoms with van der Waals surface area (Å²) in [4.78, 5) is 11.8. The molecule has 0 aliphatic carbocycles. The first-order valence-corrected chi connectivity index (χ1v) is 8.64. The van der Waals surface area contributed by atoms with Crippen LogP contribution in [0.25, 0.3) is 10.9 Å². The van der Waals surface area contributed by atoms with Gasteiger partial charge in [0, 0.05) is 24.2 Å². The quantitative estimate of drug-likeness (QED) is 0.747. The second kappa shape index (κ2) is 7.89. The van der Waals surface area contributed by atoms with Crippen LogP contribution in [-0.2, 0) is 4.74 Å². The molecule has 0 amide bonds. The Morgan fingerprint density at radius 1 is 0.962 bits per heavy atom. The van der Waals surface area contributed by atoms with Crippen molar-refractivity contribution in [1.82, 2.24) is 9.97 Å². The smallest absolute Gasteiger partial charge is 0.229 e. The van der Waals surface area contributed by atoms with Gasteiger partial charge < -0.3 is 15.0 Å². The topological polar surface area (TPSA) is 50.3 Å². The minimum atomic E-state index is 0. The monoisotopic (exact) mass is 370 g/mol. The lowest BCUT2D eigenvalue weighted by molar-refractivity contribution is 0.122. The third kappa shape index (κ3) is 3.74. The molecule has 1 aromatic heterocycles. The lowest BCUT2D eigenvalue weighted by Crippen LogP contribution is -2.37. The van der Waals surface area contributed by atoms with Gasteiger partial charge in [-0.25, -0.2) is 4.98 Å². The number of nitrogens with zero attached hydrogens (tertiary/aromatic N) is 3. The minimum absolute atomic E-state index is 0. The maximum Gasteiger partial charge on any atom is 0.229 e. The Labute approximate surface area is 159 Å². The van der Waals surface area contributed by atoms with Gasteiger partial charge in [-0.2, -0.15) is 4.98 Å². The highest BCUT2D eigenvalue weighted by molar-refractivity contribution is 5.90. The summed E-state index contributed by atoms with van der Waals surface area (Å²) < 4.78 is 5.48. The third-order valence-corrected chi connectivity index (χ3v) is 4.66. The van der Waals surface area contributed by atoms with Crippen molar-refractivity contribution >= 4 is 40.8 Å². The zero-order valence-electron chi connectivity index (χ0n) is 15.0. The van der Waals surface area contributed by atoms with E-state index in [4.69, 9.17) is 14.7 Å². The zero-order chi connectivity index (χ0) is 17.2. The molecule has 1 aliphatic heterocycles. The van der Waals surface area contributed by atoms with Crippen molar-refractivity contribution in [2.75, 3.05) is 36.5 Å². The van der Waals surface area contributed by atoms with Gasteiger partial charge in [-0.3, -0.25) is 0 Å². The van der Waals surface area contributed by atoms with Crippen LogP contribution in [0, 0.1) is 13.8 Å². The Bertz CT molecular complexity index is 909. The molecule has 3 aromatic rings. The van der Waals surface area contributed by atoms with Crippen molar-refractivity contribution in [3.8, 4) is 0 Å². The fourth-order valence-electron chi connectivity index (χ4n) is 3.08. The van der Waals surface area contributed by atoms with Crippen LogP contribution in [0.4, 0.5) is 17.5 Å². The molecule has 1 aliphatic rings. The SMILES string of the molecule is Cc1ccc(Nc2nc(N3CCOCC3)c3ccccc3n2)cc1C.Cl. The van der Waals surface area contributed by atoms with Crippen molar-refractivity contribution in [1.29, 1.82) is 0 Å². The maximum atomic E-state index is 5.48. The molecule has 0 spiro atoms. The second-order valence-electron chi connectivity index (χ2n) is 6.41. The van der Waals surface area contributed by atoms with Crippen molar-refractivity contribution < 1.29 is 4.74 Å². The van der Waals surface area contributed by atoms with Gasteiger partial charge >= 0.3 is 0 Å². The summed E-state index contributed by atoms with van der Waals surface area (Å²) in [6, 6.07) is 14.5. The van der Waals surface area contributed by atoms with Crippen LogP contribution in [0.2, 0.25) is 0 Å². The van der Waals surface area contributed by atoms with Crippen LogP contribution in [0.15, 0.2) is 42.5 Å². The number of halogens is 1. The van der Waals surface area contributed by atoms with Crippen molar-refractivity contribution in [2.45, 2.75) is 13.8 Å². The van der Waals surface area contributed by atoms with E-state index in [9.17, 15) is 0 Å². The second-order valence-corrected chi connectivity index (χ2v) is 6.41. The standard InChI is InChI=1S/C20H22N4O.ClH/c1-14-7-8-16(13-15(14)2)21-20-22-18-6-4-3-5-17(18)19(23-20)24-9-11-25-12-10-24;/h3-8,13H,9-12H2,1-2H3,(H,21,22,23);1H. The normalized spacial score (nSPS) is 14.2. The molecule has 4 rings (SSSR count). The molecule has 0 bridgehead atoms. The molecule has 5 nitrogen and oxygen atoms in total. The molecule has 1 N–H and O–H groups in total. The predicted molar refractivity (Wildman–Crippen MR) is 109 cm³/mol. The lowest BCUT2D eigenvalue weighted by Gasteiger charge is -2.29. The summed E-state index contributed by atoms with van der Waals surface area (Å²) in [5, 5.41) is 4.44. The average molecular weight is 371 g/mol. The van der Waals surface area contributed by atoms with E-state index in [1.807, 2.05) is 18.2 Å². The van der Waals surface area contributed by atoms with Gasteiger partial charge in [0.15, 0.2) is 0 Å². The molecule has 1 fully saturated rings. The van der Waals surface area contributed by atoms with Crippen LogP contribution in [0.1, 0.15) is 11.1 Å². The molecule has 1 saturated heterocycles. The molecular formula is C20H23ClN4O. The highest BCUT2D eigenvalue weighted by atomic mass is 35.5. The Hall–Kier alpha value is -2.37. The summed E-state index contributed by atoms with van der Waals surface area (Å²) in [7, 11) is 0. The molecule has 0 atom stereocenters. The van der Waals surface area contributed by atoms with Gasteiger partial charge in [-0.15, -0.1) is 12.4 Å². The zero-order valence-corrected chi connectivity index (χ0v) is 15.8. The average Bonchev–Trinajstić information content (AvgIpc) is 2.65. The Balaban J connectivity index is 0.00000196. The largest absolute Gasteiger partial charge is 0.378 e. The number of fused-ring (bicyclic) bond motifs is 1. The number of ether oxygens (including phenoxy) is 1. The molecule has 136 valence electrons. The summed E-state index contributed by atoms with van der Waals surface area (Å²) in [5.74, 6) is 1.60. The molecule has 2 heterocycles. The first-order chi connectivity index (χ1) is 12.2. The van der Waals surface area contributed by atoms with E-state index in [-0.39, 0.29) is 12.4 Å². The van der Waals surface area contributed by atoms with Gasteiger partial charge in [0.05, 0.1) is 18.7 Å². The summed E-state index contributed by atoms with van der Waals surface area (Å²) in [6.45, 7) is 7.40. The van der Waals surface area contributed by atoms with Crippen LogP contribution in [0.5, 0.6) is 0 Å². The van der Waals surface area contributed by atoms with E-state index >= 15 is 0 Å². The molecule has 26 heavy (non-hydrogen) atoms. The van der Waals surface area contributed by atoms with E-state index in [0.717, 1.165) is 48.7 Å². The number of nitrogens with one attached hydrogen (secondary N) is 1. The Morgan fingerprint density at radius 2 is 1.73 bits per heavy atom. The van der Waals surface area contributed by atoms with Crippen LogP contribution >= 0.6 is 12.4 Å². The van der Waals surface area contributed by atoms with Gasteiger partial charge in [0.2, 0.25) is 5.95 Å². The molecular weight excluding hydrogens is 348 g/mol. The number of anilines is 3. The van der Waals surface area contributed by atoms with E-state index in [1.165, 1.54) is 11.1 Å². The van der Waals surface area contributed by atoms with E-state index in [1.54, 1.807) is 0 Å². The number of aryl methyl sites for hydroxylation is 2. The highest BCUT2D eigenvalue weighted by Gasteiger charge is 2.17. The summed E-state index contributed by atoms with van der Waals surface area (Å²) in [6.07, 6.45) is 0. The van der Waals surface area contributed by atoms with Gasteiger partial charge in [-0.1, -0.05) is 18.2 Å². The maximum absolute atomic E-state index is 5.48. The van der Waals surface area contributed by atoms with E-state index < -0.39 is 0 Å². The number of morpholine rings is 1. The fourth-order valence-corrected chi connectivity index (χ4v) is 3.08. The van der Waals surface area contributed by atoms with Crippen LogP contribution in [0.3, 0.4) is 0 Å². The van der Waals surface area contributed by atoms with Crippen molar-refractivity contribution in [2.24, 2.45) is 0 Å². The minimum Gasteiger partial charge on any atom is -0.378 e.